The molecule has 1 fully saturated rings. The van der Waals surface area contributed by atoms with Crippen LogP contribution in [0.25, 0.3) is 0 Å². The van der Waals surface area contributed by atoms with Crippen molar-refractivity contribution in [3.8, 4) is 0 Å². The number of benzene rings is 1. The fourth-order valence-electron chi connectivity index (χ4n) is 2.78. The molecule has 1 aromatic carbocycles. The average molecular weight is 296 g/mol. The Labute approximate surface area is 130 Å². The quantitative estimate of drug-likeness (QED) is 0.874. The minimum absolute atomic E-state index is 0.0481. The maximum Gasteiger partial charge on any atom is 0.255 e. The molecule has 0 saturated carbocycles. The van der Waals surface area contributed by atoms with Gasteiger partial charge in [0.2, 0.25) is 0 Å². The molecule has 1 atom stereocenters. The summed E-state index contributed by atoms with van der Waals surface area (Å²) in [5, 5.41) is 0. The first-order valence-corrected chi connectivity index (χ1v) is 7.60. The van der Waals surface area contributed by atoms with E-state index < -0.39 is 0 Å². The van der Waals surface area contributed by atoms with Gasteiger partial charge < -0.3 is 9.64 Å². The van der Waals surface area contributed by atoms with Crippen molar-refractivity contribution in [2.75, 3.05) is 19.7 Å². The van der Waals surface area contributed by atoms with E-state index in [-0.39, 0.29) is 12.0 Å². The van der Waals surface area contributed by atoms with Crippen molar-refractivity contribution in [3.63, 3.8) is 0 Å². The number of ether oxygens (including phenoxy) is 1. The second kappa shape index (κ2) is 6.71. The summed E-state index contributed by atoms with van der Waals surface area (Å²) in [5.74, 6) is 0.0481. The van der Waals surface area contributed by atoms with E-state index in [0.29, 0.717) is 25.3 Å². The number of hydrogen-bond acceptors (Lipinski definition) is 3. The lowest BCUT2D eigenvalue weighted by Gasteiger charge is -2.33. The molecule has 2 heterocycles. The molecule has 1 aliphatic heterocycles. The number of amides is 1. The molecule has 114 valence electrons. The third kappa shape index (κ3) is 3.34. The fraction of sp³-hybridized carbons (Fsp3) is 0.333. The molecule has 22 heavy (non-hydrogen) atoms. The Balaban J connectivity index is 1.68. The maximum absolute atomic E-state index is 12.6. The molecule has 0 bridgehead atoms. The van der Waals surface area contributed by atoms with Gasteiger partial charge in [0, 0.05) is 31.4 Å². The average Bonchev–Trinajstić information content (AvgIpc) is 2.56. The molecular formula is C18H20N2O2. The first-order valence-electron chi connectivity index (χ1n) is 7.60. The van der Waals surface area contributed by atoms with Crippen molar-refractivity contribution in [1.29, 1.82) is 0 Å². The standard InChI is InChI=1S/C18H20N2O2/c1-14-17(8-5-9-19-14)18(21)20-10-11-22-16(13-20)12-15-6-3-2-4-7-15/h2-9,16H,10-13H2,1H3. The van der Waals surface area contributed by atoms with Crippen LogP contribution in [0, 0.1) is 6.92 Å². The summed E-state index contributed by atoms with van der Waals surface area (Å²) in [5.41, 5.74) is 2.70. The second-order valence-corrected chi connectivity index (χ2v) is 5.57. The number of pyridine rings is 1. The first-order chi connectivity index (χ1) is 10.7. The Bertz CT molecular complexity index is 643. The Kier molecular flexibility index (Phi) is 4.49. The van der Waals surface area contributed by atoms with Gasteiger partial charge in [-0.3, -0.25) is 9.78 Å². The summed E-state index contributed by atoms with van der Waals surface area (Å²) < 4.78 is 5.82. The van der Waals surface area contributed by atoms with Crippen LogP contribution in [0.1, 0.15) is 21.6 Å². The zero-order valence-electron chi connectivity index (χ0n) is 12.7. The van der Waals surface area contributed by atoms with Crippen LogP contribution < -0.4 is 0 Å². The third-order valence-electron chi connectivity index (χ3n) is 3.97. The topological polar surface area (TPSA) is 42.4 Å². The lowest BCUT2D eigenvalue weighted by atomic mass is 10.1. The van der Waals surface area contributed by atoms with E-state index in [2.05, 4.69) is 17.1 Å². The molecule has 3 rings (SSSR count). The number of aromatic nitrogens is 1. The Hall–Kier alpha value is -2.20. The van der Waals surface area contributed by atoms with Gasteiger partial charge in [-0.05, 0) is 24.6 Å². The fourth-order valence-corrected chi connectivity index (χ4v) is 2.78. The molecule has 1 aliphatic rings. The van der Waals surface area contributed by atoms with Crippen LogP contribution in [0.4, 0.5) is 0 Å². The molecule has 1 unspecified atom stereocenters. The van der Waals surface area contributed by atoms with E-state index in [9.17, 15) is 4.79 Å². The number of hydrogen-bond donors (Lipinski definition) is 0. The highest BCUT2D eigenvalue weighted by Crippen LogP contribution is 2.15. The van der Waals surface area contributed by atoms with Crippen LogP contribution in [-0.2, 0) is 11.2 Å². The number of morpholine rings is 1. The lowest BCUT2D eigenvalue weighted by Crippen LogP contribution is -2.46. The van der Waals surface area contributed by atoms with Gasteiger partial charge in [-0.15, -0.1) is 0 Å². The number of rotatable bonds is 3. The van der Waals surface area contributed by atoms with Crippen LogP contribution in [0.15, 0.2) is 48.7 Å². The number of nitrogens with zero attached hydrogens (tertiary/aromatic N) is 2. The van der Waals surface area contributed by atoms with Gasteiger partial charge in [0.25, 0.3) is 5.91 Å². The molecule has 1 amide bonds. The van der Waals surface area contributed by atoms with Crippen molar-refractivity contribution in [3.05, 3.63) is 65.5 Å². The minimum atomic E-state index is 0.0481. The van der Waals surface area contributed by atoms with Crippen molar-refractivity contribution in [2.45, 2.75) is 19.4 Å². The van der Waals surface area contributed by atoms with Gasteiger partial charge >= 0.3 is 0 Å². The predicted octanol–water partition coefficient (Wildman–Crippen LogP) is 2.47. The van der Waals surface area contributed by atoms with Crippen molar-refractivity contribution in [1.82, 2.24) is 9.88 Å². The summed E-state index contributed by atoms with van der Waals surface area (Å²) in [4.78, 5) is 18.7. The molecule has 1 saturated heterocycles. The largest absolute Gasteiger partial charge is 0.374 e. The molecular weight excluding hydrogens is 276 g/mol. The van der Waals surface area contributed by atoms with Gasteiger partial charge in [0.05, 0.1) is 18.3 Å². The van der Waals surface area contributed by atoms with Crippen LogP contribution in [0.2, 0.25) is 0 Å². The van der Waals surface area contributed by atoms with E-state index in [4.69, 9.17) is 4.74 Å². The highest BCUT2D eigenvalue weighted by atomic mass is 16.5. The van der Waals surface area contributed by atoms with Crippen molar-refractivity contribution >= 4 is 5.91 Å². The molecule has 0 spiro atoms. The van der Waals surface area contributed by atoms with Crippen LogP contribution in [0.3, 0.4) is 0 Å². The summed E-state index contributed by atoms with van der Waals surface area (Å²) >= 11 is 0. The summed E-state index contributed by atoms with van der Waals surface area (Å²) in [6.07, 6.45) is 2.59. The number of carbonyl (C=O) groups excluding carboxylic acids is 1. The highest BCUT2D eigenvalue weighted by molar-refractivity contribution is 5.95. The molecule has 4 heteroatoms. The molecule has 2 aromatic rings. The lowest BCUT2D eigenvalue weighted by molar-refractivity contribution is -0.0208. The summed E-state index contributed by atoms with van der Waals surface area (Å²) in [7, 11) is 0. The normalized spacial score (nSPS) is 18.2. The minimum Gasteiger partial charge on any atom is -0.374 e. The monoisotopic (exact) mass is 296 g/mol. The van der Waals surface area contributed by atoms with Crippen LogP contribution in [0.5, 0.6) is 0 Å². The summed E-state index contributed by atoms with van der Waals surface area (Å²) in [6, 6.07) is 13.9. The zero-order chi connectivity index (χ0) is 15.4. The molecule has 1 aromatic heterocycles. The Morgan fingerprint density at radius 3 is 2.86 bits per heavy atom. The summed E-state index contributed by atoms with van der Waals surface area (Å²) in [6.45, 7) is 3.72. The van der Waals surface area contributed by atoms with Crippen LogP contribution >= 0.6 is 0 Å². The molecule has 0 radical (unpaired) electrons. The van der Waals surface area contributed by atoms with E-state index in [0.717, 1.165) is 12.1 Å². The van der Waals surface area contributed by atoms with Crippen molar-refractivity contribution in [2.24, 2.45) is 0 Å². The van der Waals surface area contributed by atoms with Crippen molar-refractivity contribution < 1.29 is 9.53 Å². The maximum atomic E-state index is 12.6. The third-order valence-corrected chi connectivity index (χ3v) is 3.97. The van der Waals surface area contributed by atoms with Gasteiger partial charge in [-0.1, -0.05) is 30.3 Å². The smallest absolute Gasteiger partial charge is 0.255 e. The SMILES string of the molecule is Cc1ncccc1C(=O)N1CCOC(Cc2ccccc2)C1. The zero-order valence-corrected chi connectivity index (χ0v) is 12.7. The Morgan fingerprint density at radius 2 is 2.09 bits per heavy atom. The van der Waals surface area contributed by atoms with E-state index in [1.807, 2.05) is 42.2 Å². The van der Waals surface area contributed by atoms with E-state index in [1.54, 1.807) is 6.20 Å². The van der Waals surface area contributed by atoms with E-state index in [1.165, 1.54) is 5.56 Å². The van der Waals surface area contributed by atoms with E-state index >= 15 is 0 Å². The highest BCUT2D eigenvalue weighted by Gasteiger charge is 2.26. The van der Waals surface area contributed by atoms with Gasteiger partial charge in [-0.25, -0.2) is 0 Å². The molecule has 0 N–H and O–H groups in total. The second-order valence-electron chi connectivity index (χ2n) is 5.57. The molecule has 0 aliphatic carbocycles. The predicted molar refractivity (Wildman–Crippen MR) is 84.8 cm³/mol. The van der Waals surface area contributed by atoms with Gasteiger partial charge in [-0.2, -0.15) is 0 Å². The molecule has 4 nitrogen and oxygen atoms in total. The number of aryl methyl sites for hydroxylation is 1. The van der Waals surface area contributed by atoms with Gasteiger partial charge in [0.15, 0.2) is 0 Å². The van der Waals surface area contributed by atoms with Crippen LogP contribution in [-0.4, -0.2) is 41.6 Å². The van der Waals surface area contributed by atoms with Gasteiger partial charge in [0.1, 0.15) is 0 Å². The first kappa shape index (κ1) is 14.7. The number of carbonyl (C=O) groups is 1. The Morgan fingerprint density at radius 1 is 1.27 bits per heavy atom.